The van der Waals surface area contributed by atoms with Gasteiger partial charge in [0.1, 0.15) is 18.1 Å². The molecule has 0 radical (unpaired) electrons. The predicted molar refractivity (Wildman–Crippen MR) is 134 cm³/mol. The number of aromatic nitrogens is 1. The Bertz CT molecular complexity index is 1320. The first kappa shape index (κ1) is 27.2. The molecule has 0 spiro atoms. The van der Waals surface area contributed by atoms with Gasteiger partial charge >= 0.3 is 5.97 Å². The number of azide groups is 1. The van der Waals surface area contributed by atoms with Gasteiger partial charge in [-0.2, -0.15) is 0 Å². The summed E-state index contributed by atoms with van der Waals surface area (Å²) in [6.45, 7) is 3.82. The van der Waals surface area contributed by atoms with Gasteiger partial charge in [0.05, 0.1) is 5.69 Å². The number of Topliss-reactive ketones (excluding diaryl/α,β-unsaturated/α-hetero) is 1. The second-order valence-electron chi connectivity index (χ2n) is 8.65. The number of carbonyl (C=O) groups is 2. The van der Waals surface area contributed by atoms with Crippen molar-refractivity contribution in [2.75, 3.05) is 0 Å². The number of aliphatic carboxylic acids is 1. The zero-order chi connectivity index (χ0) is 26.4. The molecule has 0 unspecified atom stereocenters. The fourth-order valence-electron chi connectivity index (χ4n) is 3.75. The molecule has 8 nitrogen and oxygen atoms in total. The minimum Gasteiger partial charge on any atom is -0.481 e. The van der Waals surface area contributed by atoms with Crippen molar-refractivity contribution in [3.8, 4) is 11.1 Å². The summed E-state index contributed by atoms with van der Waals surface area (Å²) in [6.07, 6.45) is 1.40. The Morgan fingerprint density at radius 2 is 1.97 bits per heavy atom. The molecule has 0 bridgehead atoms. The van der Waals surface area contributed by atoms with Crippen molar-refractivity contribution >= 4 is 35.0 Å². The molecule has 1 heterocycles. The van der Waals surface area contributed by atoms with Crippen LogP contribution in [-0.2, 0) is 11.2 Å². The average Bonchev–Trinajstić information content (AvgIpc) is 3.32. The number of hydrogen-bond acceptors (Lipinski definition) is 5. The molecule has 3 aromatic rings. The van der Waals surface area contributed by atoms with Gasteiger partial charge < -0.3 is 9.52 Å². The van der Waals surface area contributed by atoms with Crippen LogP contribution in [0.15, 0.2) is 52.2 Å². The quantitative estimate of drug-likeness (QED) is 0.118. The van der Waals surface area contributed by atoms with Gasteiger partial charge in [0.25, 0.3) is 5.89 Å². The van der Waals surface area contributed by atoms with E-state index in [1.807, 2.05) is 13.8 Å². The van der Waals surface area contributed by atoms with E-state index in [0.717, 1.165) is 0 Å². The van der Waals surface area contributed by atoms with Crippen LogP contribution in [0.4, 0.5) is 4.39 Å². The molecule has 0 fully saturated rings. The molecule has 188 valence electrons. The van der Waals surface area contributed by atoms with Crippen LogP contribution in [0.25, 0.3) is 21.6 Å². The topological polar surface area (TPSA) is 129 Å². The number of carboxylic acids is 1. The van der Waals surface area contributed by atoms with Crippen LogP contribution in [0.1, 0.15) is 54.5 Å². The maximum atomic E-state index is 14.3. The highest BCUT2D eigenvalue weighted by Gasteiger charge is 2.27. The number of oxazole rings is 1. The van der Waals surface area contributed by atoms with E-state index in [1.54, 1.807) is 18.2 Å². The monoisotopic (exact) mass is 532 g/mol. The number of rotatable bonds is 11. The van der Waals surface area contributed by atoms with E-state index in [1.165, 1.54) is 24.5 Å². The third-order valence-electron chi connectivity index (χ3n) is 5.66. The molecule has 1 aromatic heterocycles. The summed E-state index contributed by atoms with van der Waals surface area (Å²) in [6, 6.07) is 7.75. The molecule has 0 amide bonds. The SMILES string of the molecule is CC(C)c1coc(C(=O)C[C@H](Cc2ccc(-c3cc(Cl)ccc3F)cc2Cl)C[C@@H](N=[N+]=[N-])C(=O)O)n1. The normalized spacial score (nSPS) is 12.7. The van der Waals surface area contributed by atoms with E-state index in [2.05, 4.69) is 15.0 Å². The number of nitrogens with zero attached hydrogens (tertiary/aromatic N) is 4. The fraction of sp³-hybridized carbons (Fsp3) is 0.320. The van der Waals surface area contributed by atoms with Crippen molar-refractivity contribution in [1.29, 1.82) is 0 Å². The van der Waals surface area contributed by atoms with Crippen LogP contribution in [-0.4, -0.2) is 27.9 Å². The first-order valence-corrected chi connectivity index (χ1v) is 11.8. The van der Waals surface area contributed by atoms with Crippen molar-refractivity contribution < 1.29 is 23.5 Å². The smallest absolute Gasteiger partial charge is 0.312 e. The molecule has 3 rings (SSSR count). The van der Waals surface area contributed by atoms with Crippen LogP contribution >= 0.6 is 23.2 Å². The van der Waals surface area contributed by atoms with Crippen molar-refractivity contribution in [3.05, 3.63) is 86.1 Å². The molecule has 1 N–H and O–H groups in total. The Morgan fingerprint density at radius 1 is 1.22 bits per heavy atom. The van der Waals surface area contributed by atoms with Crippen LogP contribution in [0.5, 0.6) is 0 Å². The molecule has 2 atom stereocenters. The van der Waals surface area contributed by atoms with Gasteiger partial charge in [0.15, 0.2) is 0 Å². The van der Waals surface area contributed by atoms with E-state index in [0.29, 0.717) is 26.9 Å². The molecule has 11 heteroatoms. The predicted octanol–water partition coefficient (Wildman–Crippen LogP) is 7.50. The minimum atomic E-state index is -1.37. The number of halogens is 3. The Balaban J connectivity index is 1.88. The van der Waals surface area contributed by atoms with Gasteiger partial charge in [0.2, 0.25) is 5.78 Å². The Labute approximate surface area is 216 Å². The highest BCUT2D eigenvalue weighted by molar-refractivity contribution is 6.32. The van der Waals surface area contributed by atoms with E-state index in [-0.39, 0.29) is 36.6 Å². The van der Waals surface area contributed by atoms with Gasteiger partial charge in [-0.3, -0.25) is 9.59 Å². The first-order valence-electron chi connectivity index (χ1n) is 11.1. The molecular weight excluding hydrogens is 510 g/mol. The van der Waals surface area contributed by atoms with Gasteiger partial charge in [0, 0.05) is 26.9 Å². The summed E-state index contributed by atoms with van der Waals surface area (Å²) >= 11 is 12.5. The van der Waals surface area contributed by atoms with Crippen LogP contribution in [0, 0.1) is 11.7 Å². The zero-order valence-electron chi connectivity index (χ0n) is 19.5. The van der Waals surface area contributed by atoms with Crippen LogP contribution in [0.2, 0.25) is 10.0 Å². The summed E-state index contributed by atoms with van der Waals surface area (Å²) in [7, 11) is 0. The lowest BCUT2D eigenvalue weighted by Gasteiger charge is -2.19. The third-order valence-corrected chi connectivity index (χ3v) is 6.25. The maximum Gasteiger partial charge on any atom is 0.312 e. The molecule has 36 heavy (non-hydrogen) atoms. The number of ketones is 1. The molecule has 2 aromatic carbocycles. The van der Waals surface area contributed by atoms with Crippen molar-refractivity contribution in [1.82, 2.24) is 4.98 Å². The Hall–Kier alpha value is -3.39. The Kier molecular flexibility index (Phi) is 9.09. The third kappa shape index (κ3) is 6.85. The van der Waals surface area contributed by atoms with Crippen molar-refractivity contribution in [2.24, 2.45) is 11.0 Å². The summed E-state index contributed by atoms with van der Waals surface area (Å²) in [5.74, 6) is -2.75. The van der Waals surface area contributed by atoms with Crippen molar-refractivity contribution in [3.63, 3.8) is 0 Å². The molecular formula is C25H23Cl2FN4O4. The average molecular weight is 533 g/mol. The molecule has 0 aliphatic carbocycles. The summed E-state index contributed by atoms with van der Waals surface area (Å²) < 4.78 is 19.6. The van der Waals surface area contributed by atoms with Crippen molar-refractivity contribution in [2.45, 2.75) is 45.1 Å². The highest BCUT2D eigenvalue weighted by Crippen LogP contribution is 2.32. The van der Waals surface area contributed by atoms with Gasteiger partial charge in [-0.15, -0.1) is 0 Å². The highest BCUT2D eigenvalue weighted by atomic mass is 35.5. The zero-order valence-corrected chi connectivity index (χ0v) is 21.0. The summed E-state index contributed by atoms with van der Waals surface area (Å²) in [5, 5.41) is 13.5. The minimum absolute atomic E-state index is 0.0640. The van der Waals surface area contributed by atoms with Gasteiger partial charge in [-0.25, -0.2) is 9.37 Å². The largest absolute Gasteiger partial charge is 0.481 e. The van der Waals surface area contributed by atoms with E-state index in [9.17, 15) is 19.1 Å². The standard InChI is InChI=1S/C25H23Cl2FN4O4/c1-13(2)22-12-36-24(30-22)23(33)9-14(8-21(25(34)35)31-32-29)7-16-4-3-15(10-19(16)27)18-11-17(26)5-6-20(18)28/h3-6,10-14,21H,7-9H2,1-2H3,(H,34,35)/t14-,21-/m1/s1. The molecule has 0 aliphatic rings. The van der Waals surface area contributed by atoms with E-state index in [4.69, 9.17) is 33.2 Å². The second-order valence-corrected chi connectivity index (χ2v) is 9.50. The van der Waals surface area contributed by atoms with Crippen LogP contribution < -0.4 is 0 Å². The van der Waals surface area contributed by atoms with Gasteiger partial charge in [-0.05, 0) is 65.6 Å². The number of carboxylic acid groups (broad SMARTS) is 1. The molecule has 0 aliphatic heterocycles. The fourth-order valence-corrected chi connectivity index (χ4v) is 4.18. The summed E-state index contributed by atoms with van der Waals surface area (Å²) in [5.41, 5.74) is 10.8. The van der Waals surface area contributed by atoms with E-state index >= 15 is 0 Å². The van der Waals surface area contributed by atoms with E-state index < -0.39 is 29.5 Å². The molecule has 0 saturated heterocycles. The lowest BCUT2D eigenvalue weighted by molar-refractivity contribution is -0.138. The van der Waals surface area contributed by atoms with Crippen LogP contribution in [0.3, 0.4) is 0 Å². The number of hydrogen-bond donors (Lipinski definition) is 1. The molecule has 0 saturated carbocycles. The second kappa shape index (κ2) is 12.0. The first-order chi connectivity index (χ1) is 17.1. The lowest BCUT2D eigenvalue weighted by atomic mass is 9.88. The van der Waals surface area contributed by atoms with Gasteiger partial charge in [-0.1, -0.05) is 54.3 Å². The summed E-state index contributed by atoms with van der Waals surface area (Å²) in [4.78, 5) is 31.3. The lowest BCUT2D eigenvalue weighted by Crippen LogP contribution is -2.24. The number of benzene rings is 2. The number of carbonyl (C=O) groups excluding carboxylic acids is 1. The maximum absolute atomic E-state index is 14.3. The Morgan fingerprint density at radius 3 is 2.58 bits per heavy atom.